The molecule has 1 aromatic heterocycles. The molecule has 1 N–H and O–H groups in total. The number of likely N-dealkylation sites (tertiary alicyclic amines) is 1. The van der Waals surface area contributed by atoms with Crippen LogP contribution in [0.4, 0.5) is 0 Å². The number of aliphatic hydroxyl groups is 1. The highest BCUT2D eigenvalue weighted by Gasteiger charge is 2.31. The maximum absolute atomic E-state index is 12.7. The Hall–Kier alpha value is -1.62. The Morgan fingerprint density at radius 2 is 2.19 bits per heavy atom. The van der Waals surface area contributed by atoms with Crippen LogP contribution in [0, 0.1) is 12.3 Å². The summed E-state index contributed by atoms with van der Waals surface area (Å²) in [6.07, 6.45) is 0.998. The Labute approximate surface area is 125 Å². The Morgan fingerprint density at radius 3 is 2.86 bits per heavy atom. The molecular formula is C16H24N2O3. The van der Waals surface area contributed by atoms with Gasteiger partial charge in [-0.3, -0.25) is 4.79 Å². The lowest BCUT2D eigenvalue weighted by atomic mass is 9.87. The molecule has 0 spiro atoms. The molecule has 5 heteroatoms. The van der Waals surface area contributed by atoms with Crippen LogP contribution in [0.15, 0.2) is 12.1 Å². The molecule has 5 nitrogen and oxygen atoms in total. The van der Waals surface area contributed by atoms with Crippen LogP contribution in [0.5, 0.6) is 5.88 Å². The van der Waals surface area contributed by atoms with Crippen molar-refractivity contribution in [1.82, 2.24) is 9.88 Å². The average Bonchev–Trinajstić information content (AvgIpc) is 2.54. The molecule has 0 aliphatic carbocycles. The number of carbonyl (C=O) groups excluding carboxylic acids is 1. The molecule has 2 rings (SSSR count). The van der Waals surface area contributed by atoms with Crippen molar-refractivity contribution in [3.8, 4) is 5.88 Å². The largest absolute Gasteiger partial charge is 0.481 e. The van der Waals surface area contributed by atoms with Crippen LogP contribution in [-0.4, -0.2) is 47.2 Å². The minimum Gasteiger partial charge on any atom is -0.481 e. The third kappa shape index (κ3) is 3.94. The molecule has 0 radical (unpaired) electrons. The van der Waals surface area contributed by atoms with E-state index in [0.29, 0.717) is 31.0 Å². The van der Waals surface area contributed by atoms with Crippen LogP contribution in [0.1, 0.15) is 42.7 Å². The Balaban J connectivity index is 2.24. The molecule has 1 fully saturated rings. The van der Waals surface area contributed by atoms with Crippen molar-refractivity contribution in [2.24, 2.45) is 5.41 Å². The Bertz CT molecular complexity index is 528. The van der Waals surface area contributed by atoms with Crippen molar-refractivity contribution < 1.29 is 14.6 Å². The van der Waals surface area contributed by atoms with Crippen molar-refractivity contribution in [3.63, 3.8) is 0 Å². The molecule has 21 heavy (non-hydrogen) atoms. The monoisotopic (exact) mass is 292 g/mol. The summed E-state index contributed by atoms with van der Waals surface area (Å²) in [5, 5.41) is 9.95. The minimum absolute atomic E-state index is 0.0269. The number of rotatable bonds is 2. The van der Waals surface area contributed by atoms with E-state index in [-0.39, 0.29) is 17.4 Å². The predicted octanol–water partition coefficient (Wildman–Crippen LogP) is 2.02. The van der Waals surface area contributed by atoms with Crippen LogP contribution in [0.3, 0.4) is 0 Å². The molecule has 0 aromatic carbocycles. The number of aromatic nitrogens is 1. The molecular weight excluding hydrogens is 268 g/mol. The molecule has 0 saturated carbocycles. The number of hydrogen-bond acceptors (Lipinski definition) is 4. The van der Waals surface area contributed by atoms with Gasteiger partial charge in [0.2, 0.25) is 5.88 Å². The van der Waals surface area contributed by atoms with E-state index in [1.807, 2.05) is 11.8 Å². The summed E-state index contributed by atoms with van der Waals surface area (Å²) >= 11 is 0. The highest BCUT2D eigenvalue weighted by atomic mass is 16.5. The molecule has 0 bridgehead atoms. The second kappa shape index (κ2) is 6.02. The normalized spacial score (nSPS) is 21.8. The van der Waals surface area contributed by atoms with Gasteiger partial charge in [0.1, 0.15) is 0 Å². The van der Waals surface area contributed by atoms with Gasteiger partial charge < -0.3 is 14.7 Å². The van der Waals surface area contributed by atoms with E-state index >= 15 is 0 Å². The van der Waals surface area contributed by atoms with Gasteiger partial charge in [0.15, 0.2) is 0 Å². The van der Waals surface area contributed by atoms with E-state index in [1.165, 1.54) is 0 Å². The van der Waals surface area contributed by atoms with Crippen molar-refractivity contribution in [3.05, 3.63) is 23.4 Å². The predicted molar refractivity (Wildman–Crippen MR) is 80.5 cm³/mol. The SMILES string of the molecule is COc1cc(C(=O)N2CCC(O)CC(C)(C)C2)cc(C)n1. The smallest absolute Gasteiger partial charge is 0.254 e. The van der Waals surface area contributed by atoms with Crippen molar-refractivity contribution in [1.29, 1.82) is 0 Å². The van der Waals surface area contributed by atoms with Gasteiger partial charge in [0.05, 0.1) is 13.2 Å². The topological polar surface area (TPSA) is 62.7 Å². The summed E-state index contributed by atoms with van der Waals surface area (Å²) in [4.78, 5) is 18.8. The molecule has 1 aliphatic rings. The van der Waals surface area contributed by atoms with Gasteiger partial charge in [-0.15, -0.1) is 0 Å². The summed E-state index contributed by atoms with van der Waals surface area (Å²) in [7, 11) is 1.54. The zero-order chi connectivity index (χ0) is 15.6. The second-order valence-electron chi connectivity index (χ2n) is 6.58. The maximum atomic E-state index is 12.7. The van der Waals surface area contributed by atoms with Gasteiger partial charge >= 0.3 is 0 Å². The van der Waals surface area contributed by atoms with Crippen LogP contribution in [0.25, 0.3) is 0 Å². The fraction of sp³-hybridized carbons (Fsp3) is 0.625. The number of aryl methyl sites for hydroxylation is 1. The van der Waals surface area contributed by atoms with Crippen LogP contribution in [0.2, 0.25) is 0 Å². The van der Waals surface area contributed by atoms with Gasteiger partial charge in [-0.1, -0.05) is 13.8 Å². The molecule has 2 heterocycles. The second-order valence-corrected chi connectivity index (χ2v) is 6.58. The number of amides is 1. The zero-order valence-corrected chi connectivity index (χ0v) is 13.2. The number of pyridine rings is 1. The summed E-state index contributed by atoms with van der Waals surface area (Å²) < 4.78 is 5.13. The van der Waals surface area contributed by atoms with E-state index in [0.717, 1.165) is 12.1 Å². The standard InChI is InChI=1S/C16H24N2O3/c1-11-7-12(8-14(17-11)21-4)15(20)18-6-5-13(19)9-16(2,3)10-18/h7-8,13,19H,5-6,9-10H2,1-4H3. The first-order valence-corrected chi connectivity index (χ1v) is 7.31. The number of carbonyl (C=O) groups is 1. The minimum atomic E-state index is -0.341. The molecule has 1 atom stereocenters. The highest BCUT2D eigenvalue weighted by Crippen LogP contribution is 2.29. The first-order valence-electron chi connectivity index (χ1n) is 7.31. The summed E-state index contributed by atoms with van der Waals surface area (Å²) in [6, 6.07) is 3.45. The molecule has 1 aromatic rings. The summed E-state index contributed by atoms with van der Waals surface area (Å²) in [6.45, 7) is 7.23. The van der Waals surface area contributed by atoms with Crippen molar-refractivity contribution in [2.45, 2.75) is 39.7 Å². The average molecular weight is 292 g/mol. The maximum Gasteiger partial charge on any atom is 0.254 e. The molecule has 116 valence electrons. The Morgan fingerprint density at radius 1 is 1.48 bits per heavy atom. The van der Waals surface area contributed by atoms with Gasteiger partial charge in [-0.25, -0.2) is 4.98 Å². The lowest BCUT2D eigenvalue weighted by molar-refractivity contribution is 0.0704. The number of aliphatic hydroxyl groups excluding tert-OH is 1. The van der Waals surface area contributed by atoms with Crippen LogP contribution >= 0.6 is 0 Å². The van der Waals surface area contributed by atoms with E-state index < -0.39 is 0 Å². The van der Waals surface area contributed by atoms with Gasteiger partial charge in [-0.2, -0.15) is 0 Å². The fourth-order valence-electron chi connectivity index (χ4n) is 2.93. The lowest BCUT2D eigenvalue weighted by Gasteiger charge is -2.29. The quantitative estimate of drug-likeness (QED) is 0.906. The summed E-state index contributed by atoms with van der Waals surface area (Å²) in [5.74, 6) is 0.424. The van der Waals surface area contributed by atoms with E-state index in [2.05, 4.69) is 18.8 Å². The van der Waals surface area contributed by atoms with Crippen LogP contribution < -0.4 is 4.74 Å². The van der Waals surface area contributed by atoms with E-state index in [4.69, 9.17) is 4.74 Å². The number of ether oxygens (including phenoxy) is 1. The number of hydrogen-bond donors (Lipinski definition) is 1. The van der Waals surface area contributed by atoms with E-state index in [9.17, 15) is 9.90 Å². The highest BCUT2D eigenvalue weighted by molar-refractivity contribution is 5.94. The summed E-state index contributed by atoms with van der Waals surface area (Å²) in [5.41, 5.74) is 1.26. The van der Waals surface area contributed by atoms with Crippen molar-refractivity contribution in [2.75, 3.05) is 20.2 Å². The Kier molecular flexibility index (Phi) is 4.52. The number of nitrogens with zero attached hydrogens (tertiary/aromatic N) is 2. The fourth-order valence-corrected chi connectivity index (χ4v) is 2.93. The van der Waals surface area contributed by atoms with Gasteiger partial charge in [0.25, 0.3) is 5.91 Å². The number of methoxy groups -OCH3 is 1. The molecule has 1 amide bonds. The third-order valence-corrected chi connectivity index (χ3v) is 3.81. The molecule has 1 aliphatic heterocycles. The van der Waals surface area contributed by atoms with Crippen molar-refractivity contribution >= 4 is 5.91 Å². The lowest BCUT2D eigenvalue weighted by Crippen LogP contribution is -2.37. The van der Waals surface area contributed by atoms with Gasteiger partial charge in [0, 0.05) is 30.4 Å². The van der Waals surface area contributed by atoms with E-state index in [1.54, 1.807) is 19.2 Å². The molecule has 1 saturated heterocycles. The molecule has 1 unspecified atom stereocenters. The van der Waals surface area contributed by atoms with Gasteiger partial charge in [-0.05, 0) is 31.2 Å². The first-order chi connectivity index (χ1) is 9.80. The third-order valence-electron chi connectivity index (χ3n) is 3.81. The zero-order valence-electron chi connectivity index (χ0n) is 13.2. The van der Waals surface area contributed by atoms with Crippen LogP contribution in [-0.2, 0) is 0 Å². The first kappa shape index (κ1) is 15.8.